The molecule has 1 atom stereocenters. The third-order valence-electron chi connectivity index (χ3n) is 4.54. The normalized spacial score (nSPS) is 15.9. The summed E-state index contributed by atoms with van der Waals surface area (Å²) in [5.74, 6) is -1.47. The van der Waals surface area contributed by atoms with Crippen LogP contribution in [0.25, 0.3) is 0 Å². The number of para-hydroxylation sites is 1. The van der Waals surface area contributed by atoms with Gasteiger partial charge < -0.3 is 10.1 Å². The van der Waals surface area contributed by atoms with Gasteiger partial charge in [-0.2, -0.15) is 0 Å². The van der Waals surface area contributed by atoms with Gasteiger partial charge in [0.2, 0.25) is 0 Å². The lowest BCUT2D eigenvalue weighted by Crippen LogP contribution is -2.43. The largest absolute Gasteiger partial charge is 0.497 e. The summed E-state index contributed by atoms with van der Waals surface area (Å²) in [6.07, 6.45) is -0.684. The summed E-state index contributed by atoms with van der Waals surface area (Å²) in [4.78, 5) is 14.7. The molecule has 0 unspecified atom stereocenters. The van der Waals surface area contributed by atoms with E-state index in [2.05, 4.69) is 5.32 Å². The maximum atomic E-state index is 13.8. The van der Waals surface area contributed by atoms with E-state index < -0.39 is 17.8 Å². The monoisotopic (exact) mass is 366 g/mol. The lowest BCUT2D eigenvalue weighted by molar-refractivity contribution is 0.0975. The molecule has 3 aromatic carbocycles. The highest BCUT2D eigenvalue weighted by Gasteiger charge is 2.34. The van der Waals surface area contributed by atoms with Crippen molar-refractivity contribution in [1.82, 2.24) is 0 Å². The van der Waals surface area contributed by atoms with Crippen LogP contribution in [0.2, 0.25) is 0 Å². The molecule has 0 spiro atoms. The smallest absolute Gasteiger partial charge is 0.262 e. The van der Waals surface area contributed by atoms with Crippen LogP contribution in [0, 0.1) is 11.6 Å². The number of fused-ring (bicyclic) bond motifs is 1. The number of hydrogen-bond donors (Lipinski definition) is 1. The second-order valence-electron chi connectivity index (χ2n) is 6.14. The molecule has 4 rings (SSSR count). The maximum absolute atomic E-state index is 13.8. The number of benzene rings is 3. The quantitative estimate of drug-likeness (QED) is 0.728. The van der Waals surface area contributed by atoms with Crippen LogP contribution in [0.15, 0.2) is 66.7 Å². The second kappa shape index (κ2) is 6.72. The fourth-order valence-corrected chi connectivity index (χ4v) is 3.18. The molecule has 0 aliphatic carbocycles. The fourth-order valence-electron chi connectivity index (χ4n) is 3.18. The lowest BCUT2D eigenvalue weighted by atomic mass is 10.0. The summed E-state index contributed by atoms with van der Waals surface area (Å²) in [7, 11) is 1.56. The Morgan fingerprint density at radius 3 is 2.41 bits per heavy atom. The molecule has 1 aliphatic heterocycles. The van der Waals surface area contributed by atoms with Crippen LogP contribution in [0.5, 0.6) is 5.75 Å². The number of ether oxygens (including phenoxy) is 1. The molecule has 1 heterocycles. The number of carbonyl (C=O) groups excluding carboxylic acids is 1. The Bertz CT molecular complexity index is 1010. The number of amides is 1. The van der Waals surface area contributed by atoms with Crippen molar-refractivity contribution >= 4 is 17.3 Å². The highest BCUT2D eigenvalue weighted by atomic mass is 19.2. The molecule has 0 saturated heterocycles. The van der Waals surface area contributed by atoms with E-state index in [-0.39, 0.29) is 5.91 Å². The Morgan fingerprint density at radius 1 is 0.963 bits per heavy atom. The Labute approximate surface area is 155 Å². The van der Waals surface area contributed by atoms with Gasteiger partial charge in [-0.25, -0.2) is 8.78 Å². The molecule has 27 heavy (non-hydrogen) atoms. The van der Waals surface area contributed by atoms with Gasteiger partial charge in [0.1, 0.15) is 11.9 Å². The van der Waals surface area contributed by atoms with Gasteiger partial charge in [-0.3, -0.25) is 9.69 Å². The van der Waals surface area contributed by atoms with Crippen LogP contribution in [0.1, 0.15) is 22.1 Å². The predicted molar refractivity (Wildman–Crippen MR) is 99.0 cm³/mol. The first-order valence-corrected chi connectivity index (χ1v) is 8.36. The number of methoxy groups -OCH3 is 1. The second-order valence-corrected chi connectivity index (χ2v) is 6.14. The first-order chi connectivity index (χ1) is 13.1. The lowest BCUT2D eigenvalue weighted by Gasteiger charge is -2.38. The van der Waals surface area contributed by atoms with Gasteiger partial charge in [0.25, 0.3) is 5.91 Å². The first kappa shape index (κ1) is 17.0. The molecule has 3 aromatic rings. The Hall–Kier alpha value is -3.41. The third kappa shape index (κ3) is 2.99. The van der Waals surface area contributed by atoms with Gasteiger partial charge >= 0.3 is 0 Å². The van der Waals surface area contributed by atoms with E-state index in [1.165, 1.54) is 11.0 Å². The van der Waals surface area contributed by atoms with Crippen LogP contribution in [0.3, 0.4) is 0 Å². The highest BCUT2D eigenvalue weighted by Crippen LogP contribution is 2.37. The molecule has 0 fully saturated rings. The van der Waals surface area contributed by atoms with E-state index in [1.807, 2.05) is 6.07 Å². The van der Waals surface area contributed by atoms with Crippen molar-refractivity contribution in [3.8, 4) is 5.75 Å². The zero-order valence-electron chi connectivity index (χ0n) is 14.4. The number of rotatable bonds is 3. The average molecular weight is 366 g/mol. The summed E-state index contributed by atoms with van der Waals surface area (Å²) in [6, 6.07) is 17.7. The molecular formula is C21H16F2N2O2. The molecule has 0 saturated carbocycles. The molecule has 0 radical (unpaired) electrons. The SMILES string of the molecule is COc1ccc(N2C(=O)c3ccccc3N[C@H]2c2ccc(F)c(F)c2)cc1. The number of nitrogens with one attached hydrogen (secondary N) is 1. The summed E-state index contributed by atoms with van der Waals surface area (Å²) in [5.41, 5.74) is 2.19. The molecule has 6 heteroatoms. The number of hydrogen-bond acceptors (Lipinski definition) is 3. The van der Waals surface area contributed by atoms with Crippen LogP contribution in [-0.2, 0) is 0 Å². The van der Waals surface area contributed by atoms with E-state index in [4.69, 9.17) is 4.74 Å². The van der Waals surface area contributed by atoms with Crippen molar-refractivity contribution < 1.29 is 18.3 Å². The third-order valence-corrected chi connectivity index (χ3v) is 4.54. The van der Waals surface area contributed by atoms with Gasteiger partial charge in [0.05, 0.1) is 12.7 Å². The minimum atomic E-state index is -0.963. The number of nitrogens with zero attached hydrogens (tertiary/aromatic N) is 1. The van der Waals surface area contributed by atoms with Crippen LogP contribution >= 0.6 is 0 Å². The molecule has 1 aliphatic rings. The van der Waals surface area contributed by atoms with Crippen molar-refractivity contribution in [3.63, 3.8) is 0 Å². The van der Waals surface area contributed by atoms with Gasteiger partial charge in [0.15, 0.2) is 11.6 Å². The summed E-state index contributed by atoms with van der Waals surface area (Å²) in [5, 5.41) is 3.25. The standard InChI is InChI=1S/C21H16F2N2O2/c1-27-15-9-7-14(8-10-15)25-20(13-6-11-17(22)18(23)12-13)24-19-5-3-2-4-16(19)21(25)26/h2-12,20,24H,1H3/t20-/m1/s1. The maximum Gasteiger partial charge on any atom is 0.262 e. The van der Waals surface area contributed by atoms with E-state index in [1.54, 1.807) is 49.6 Å². The van der Waals surface area contributed by atoms with Crippen LogP contribution in [0.4, 0.5) is 20.2 Å². The van der Waals surface area contributed by atoms with Crippen molar-refractivity contribution in [3.05, 3.63) is 89.5 Å². The molecule has 0 aromatic heterocycles. The van der Waals surface area contributed by atoms with Crippen molar-refractivity contribution in [1.29, 1.82) is 0 Å². The van der Waals surface area contributed by atoms with Crippen molar-refractivity contribution in [2.45, 2.75) is 6.17 Å². The average Bonchev–Trinajstić information content (AvgIpc) is 2.70. The van der Waals surface area contributed by atoms with Gasteiger partial charge in [-0.1, -0.05) is 18.2 Å². The summed E-state index contributed by atoms with van der Waals surface area (Å²) in [6.45, 7) is 0. The Balaban J connectivity index is 1.84. The van der Waals surface area contributed by atoms with Crippen molar-refractivity contribution in [2.75, 3.05) is 17.3 Å². The van der Waals surface area contributed by atoms with E-state index in [9.17, 15) is 13.6 Å². The molecule has 136 valence electrons. The van der Waals surface area contributed by atoms with E-state index in [0.29, 0.717) is 28.3 Å². The highest BCUT2D eigenvalue weighted by molar-refractivity contribution is 6.12. The fraction of sp³-hybridized carbons (Fsp3) is 0.0952. The van der Waals surface area contributed by atoms with E-state index >= 15 is 0 Å². The predicted octanol–water partition coefficient (Wildman–Crippen LogP) is 4.74. The van der Waals surface area contributed by atoms with Gasteiger partial charge in [-0.15, -0.1) is 0 Å². The Kier molecular flexibility index (Phi) is 4.24. The zero-order chi connectivity index (χ0) is 19.0. The number of anilines is 2. The molecule has 0 bridgehead atoms. The summed E-state index contributed by atoms with van der Waals surface area (Å²) >= 11 is 0. The minimum Gasteiger partial charge on any atom is -0.497 e. The molecular weight excluding hydrogens is 350 g/mol. The van der Waals surface area contributed by atoms with Crippen LogP contribution < -0.4 is 15.0 Å². The van der Waals surface area contributed by atoms with Crippen LogP contribution in [-0.4, -0.2) is 13.0 Å². The minimum absolute atomic E-state index is 0.232. The van der Waals surface area contributed by atoms with Crippen molar-refractivity contribution in [2.24, 2.45) is 0 Å². The number of carbonyl (C=O) groups is 1. The topological polar surface area (TPSA) is 41.6 Å². The molecule has 1 amide bonds. The molecule has 4 nitrogen and oxygen atoms in total. The van der Waals surface area contributed by atoms with Gasteiger partial charge in [0, 0.05) is 11.4 Å². The zero-order valence-corrected chi connectivity index (χ0v) is 14.4. The molecule has 1 N–H and O–H groups in total. The van der Waals surface area contributed by atoms with E-state index in [0.717, 1.165) is 12.1 Å². The Morgan fingerprint density at radius 2 is 1.70 bits per heavy atom. The summed E-state index contributed by atoms with van der Waals surface area (Å²) < 4.78 is 32.4. The number of halogens is 2. The van der Waals surface area contributed by atoms with Gasteiger partial charge in [-0.05, 0) is 54.1 Å². The first-order valence-electron chi connectivity index (χ1n) is 8.36.